The Balaban J connectivity index is 1.76. The summed E-state index contributed by atoms with van der Waals surface area (Å²) in [6, 6.07) is 14.5. The molecule has 0 spiro atoms. The second-order valence-electron chi connectivity index (χ2n) is 9.09. The molecule has 4 nitrogen and oxygen atoms in total. The smallest absolute Gasteiger partial charge is 0.163 e. The number of hydrogen-bond donors (Lipinski definition) is 0. The van der Waals surface area contributed by atoms with Gasteiger partial charge in [0.25, 0.3) is 0 Å². The van der Waals surface area contributed by atoms with E-state index in [0.29, 0.717) is 5.92 Å². The molecule has 1 aliphatic carbocycles. The van der Waals surface area contributed by atoms with Gasteiger partial charge in [-0.15, -0.1) is 0 Å². The third kappa shape index (κ3) is 3.13. The van der Waals surface area contributed by atoms with E-state index in [2.05, 4.69) is 60.6 Å². The van der Waals surface area contributed by atoms with Gasteiger partial charge in [0, 0.05) is 34.8 Å². The highest BCUT2D eigenvalue weighted by atomic mass is 15.3. The van der Waals surface area contributed by atoms with Crippen LogP contribution in [-0.4, -0.2) is 19.6 Å². The van der Waals surface area contributed by atoms with Crippen LogP contribution < -0.4 is 0 Å². The molecule has 0 bridgehead atoms. The van der Waals surface area contributed by atoms with Crippen molar-refractivity contribution in [2.75, 3.05) is 0 Å². The minimum atomic E-state index is 0.276. The van der Waals surface area contributed by atoms with Crippen LogP contribution in [-0.2, 0) is 12.8 Å². The van der Waals surface area contributed by atoms with Crippen LogP contribution in [0.3, 0.4) is 0 Å². The monoisotopic (exact) mass is 382 g/mol. The van der Waals surface area contributed by atoms with E-state index < -0.39 is 0 Å². The number of fused-ring (bicyclic) bond motifs is 3. The number of rotatable bonds is 2. The topological polar surface area (TPSA) is 43.1 Å². The molecule has 3 heterocycles. The molecule has 0 fully saturated rings. The molecule has 0 saturated carbocycles. The molecule has 3 aromatic heterocycles. The van der Waals surface area contributed by atoms with Gasteiger partial charge in [0.05, 0.1) is 11.9 Å². The van der Waals surface area contributed by atoms with Crippen molar-refractivity contribution in [3.8, 4) is 22.4 Å². The number of aryl methyl sites for hydroxylation is 1. The van der Waals surface area contributed by atoms with Crippen LogP contribution >= 0.6 is 0 Å². The summed E-state index contributed by atoms with van der Waals surface area (Å²) < 4.78 is 2.08. The molecule has 0 radical (unpaired) electrons. The third-order valence-corrected chi connectivity index (χ3v) is 6.28. The van der Waals surface area contributed by atoms with Crippen LogP contribution in [0.15, 0.2) is 61.1 Å². The Hall–Kier alpha value is -3.01. The van der Waals surface area contributed by atoms with E-state index >= 15 is 0 Å². The van der Waals surface area contributed by atoms with Crippen molar-refractivity contribution < 1.29 is 0 Å². The van der Waals surface area contributed by atoms with Gasteiger partial charge in [0.2, 0.25) is 0 Å². The molecule has 0 N–H and O–H groups in total. The average molecular weight is 383 g/mol. The Labute approximate surface area is 171 Å². The Morgan fingerprint density at radius 3 is 2.48 bits per heavy atom. The van der Waals surface area contributed by atoms with Gasteiger partial charge < -0.3 is 0 Å². The number of hydrogen-bond acceptors (Lipinski definition) is 3. The molecule has 1 atom stereocenters. The number of benzene rings is 1. The van der Waals surface area contributed by atoms with Gasteiger partial charge in [-0.05, 0) is 48.3 Å². The first-order chi connectivity index (χ1) is 14.0. The molecule has 1 aromatic carbocycles. The third-order valence-electron chi connectivity index (χ3n) is 6.28. The second-order valence-corrected chi connectivity index (χ2v) is 9.09. The molecular weight excluding hydrogens is 356 g/mol. The minimum Gasteiger partial charge on any atom is -0.264 e. The zero-order chi connectivity index (χ0) is 20.0. The summed E-state index contributed by atoms with van der Waals surface area (Å²) in [7, 11) is 0. The van der Waals surface area contributed by atoms with Gasteiger partial charge in [-0.3, -0.25) is 4.98 Å². The fourth-order valence-corrected chi connectivity index (χ4v) is 4.52. The summed E-state index contributed by atoms with van der Waals surface area (Å²) in [6.07, 6.45) is 8.95. The molecule has 1 unspecified atom stereocenters. The Bertz CT molecular complexity index is 1150. The van der Waals surface area contributed by atoms with Crippen molar-refractivity contribution in [1.82, 2.24) is 19.6 Å². The van der Waals surface area contributed by atoms with Gasteiger partial charge in [-0.2, -0.15) is 5.10 Å². The van der Waals surface area contributed by atoms with E-state index in [1.165, 1.54) is 17.7 Å². The first kappa shape index (κ1) is 18.0. The molecule has 29 heavy (non-hydrogen) atoms. The highest BCUT2D eigenvalue weighted by molar-refractivity contribution is 5.79. The standard InChI is InChI=1S/C25H26N4/c1-25(2,3)19-11-12-22-20(14-19)23(18-10-7-13-26-15-18)28-24-21(16-27-29(22)24)17-8-5-4-6-9-17/h4-10,13,15-16,19H,11-12,14H2,1-3H3. The lowest BCUT2D eigenvalue weighted by atomic mass is 9.71. The number of nitrogens with zero attached hydrogens (tertiary/aromatic N) is 4. The first-order valence-corrected chi connectivity index (χ1v) is 10.4. The molecule has 5 rings (SSSR count). The lowest BCUT2D eigenvalue weighted by molar-refractivity contribution is 0.214. The predicted molar refractivity (Wildman–Crippen MR) is 117 cm³/mol. The molecule has 0 amide bonds. The zero-order valence-corrected chi connectivity index (χ0v) is 17.3. The van der Waals surface area contributed by atoms with E-state index in [0.717, 1.165) is 40.9 Å². The molecule has 4 heteroatoms. The van der Waals surface area contributed by atoms with Crippen LogP contribution in [0.2, 0.25) is 0 Å². The van der Waals surface area contributed by atoms with Gasteiger partial charge >= 0.3 is 0 Å². The molecule has 0 saturated heterocycles. The summed E-state index contributed by atoms with van der Waals surface area (Å²) in [4.78, 5) is 9.54. The molecule has 4 aromatic rings. The summed E-state index contributed by atoms with van der Waals surface area (Å²) >= 11 is 0. The van der Waals surface area contributed by atoms with Crippen molar-refractivity contribution in [1.29, 1.82) is 0 Å². The maximum atomic E-state index is 5.17. The Morgan fingerprint density at radius 2 is 1.76 bits per heavy atom. The maximum absolute atomic E-state index is 5.17. The van der Waals surface area contributed by atoms with Crippen LogP contribution in [0, 0.1) is 11.3 Å². The van der Waals surface area contributed by atoms with E-state index in [9.17, 15) is 0 Å². The van der Waals surface area contributed by atoms with Crippen molar-refractivity contribution in [3.63, 3.8) is 0 Å². The van der Waals surface area contributed by atoms with Crippen LogP contribution in [0.5, 0.6) is 0 Å². The van der Waals surface area contributed by atoms with Crippen molar-refractivity contribution in [3.05, 3.63) is 72.3 Å². The molecular formula is C25H26N4. The lowest BCUT2D eigenvalue weighted by Gasteiger charge is -2.35. The van der Waals surface area contributed by atoms with E-state index in [4.69, 9.17) is 10.1 Å². The lowest BCUT2D eigenvalue weighted by Crippen LogP contribution is -2.29. The highest BCUT2D eigenvalue weighted by Crippen LogP contribution is 2.41. The van der Waals surface area contributed by atoms with Gasteiger partial charge in [0.1, 0.15) is 0 Å². The van der Waals surface area contributed by atoms with Crippen LogP contribution in [0.25, 0.3) is 28.0 Å². The van der Waals surface area contributed by atoms with E-state index in [-0.39, 0.29) is 5.41 Å². The Kier molecular flexibility index (Phi) is 4.23. The zero-order valence-electron chi connectivity index (χ0n) is 17.3. The quantitative estimate of drug-likeness (QED) is 0.453. The van der Waals surface area contributed by atoms with Crippen molar-refractivity contribution in [2.24, 2.45) is 11.3 Å². The van der Waals surface area contributed by atoms with E-state index in [1.807, 2.05) is 30.7 Å². The maximum Gasteiger partial charge on any atom is 0.163 e. The van der Waals surface area contributed by atoms with Gasteiger partial charge in [-0.1, -0.05) is 51.1 Å². The molecule has 146 valence electrons. The highest BCUT2D eigenvalue weighted by Gasteiger charge is 2.32. The van der Waals surface area contributed by atoms with Gasteiger partial charge in [0.15, 0.2) is 5.65 Å². The first-order valence-electron chi connectivity index (χ1n) is 10.4. The Morgan fingerprint density at radius 1 is 0.966 bits per heavy atom. The summed E-state index contributed by atoms with van der Waals surface area (Å²) in [6.45, 7) is 7.04. The number of pyridine rings is 1. The fourth-order valence-electron chi connectivity index (χ4n) is 4.52. The van der Waals surface area contributed by atoms with E-state index in [1.54, 1.807) is 0 Å². The largest absolute Gasteiger partial charge is 0.264 e. The minimum absolute atomic E-state index is 0.276. The van der Waals surface area contributed by atoms with Gasteiger partial charge in [-0.25, -0.2) is 9.50 Å². The summed E-state index contributed by atoms with van der Waals surface area (Å²) in [5, 5.41) is 4.77. The second kappa shape index (κ2) is 6.80. The summed E-state index contributed by atoms with van der Waals surface area (Å²) in [5.74, 6) is 0.633. The summed E-state index contributed by atoms with van der Waals surface area (Å²) in [5.41, 5.74) is 8.22. The molecule has 1 aliphatic rings. The normalized spacial score (nSPS) is 16.7. The molecule has 0 aliphatic heterocycles. The van der Waals surface area contributed by atoms with Crippen LogP contribution in [0.4, 0.5) is 0 Å². The van der Waals surface area contributed by atoms with Crippen molar-refractivity contribution in [2.45, 2.75) is 40.0 Å². The predicted octanol–water partition coefficient (Wildman–Crippen LogP) is 5.61. The SMILES string of the molecule is CC(C)(C)C1CCc2c(c(-c3cccnc3)nc3c(-c4ccccc4)cnn23)C1. The number of aromatic nitrogens is 4. The van der Waals surface area contributed by atoms with Crippen molar-refractivity contribution >= 4 is 5.65 Å². The van der Waals surface area contributed by atoms with Crippen LogP contribution in [0.1, 0.15) is 38.4 Å². The average Bonchev–Trinajstić information content (AvgIpc) is 3.17. The fraction of sp³-hybridized carbons (Fsp3) is 0.320.